The maximum Gasteiger partial charge on any atom is 0.257 e. The Labute approximate surface area is 149 Å². The first-order chi connectivity index (χ1) is 12.3. The Bertz CT molecular complexity index is 836. The number of carbonyl (C=O) groups excluding carboxylic acids is 1. The third kappa shape index (κ3) is 3.28. The number of carbonyl (C=O) groups is 1. The molecule has 25 heavy (non-hydrogen) atoms. The van der Waals surface area contributed by atoms with Crippen LogP contribution in [0.1, 0.15) is 40.7 Å². The van der Waals surface area contributed by atoms with Gasteiger partial charge >= 0.3 is 0 Å². The highest BCUT2D eigenvalue weighted by molar-refractivity contribution is 7.09. The lowest BCUT2D eigenvalue weighted by Crippen LogP contribution is -2.38. The Hall–Kier alpha value is -2.67. The smallest absolute Gasteiger partial charge is 0.257 e. The molecule has 126 valence electrons. The molecule has 4 rings (SSSR count). The predicted octanol–water partition coefficient (Wildman–Crippen LogP) is 3.36. The second-order valence-corrected chi connectivity index (χ2v) is 6.84. The molecule has 4 heterocycles. The van der Waals surface area contributed by atoms with Crippen molar-refractivity contribution in [3.05, 3.63) is 59.1 Å². The lowest BCUT2D eigenvalue weighted by Gasteiger charge is -2.34. The van der Waals surface area contributed by atoms with Gasteiger partial charge in [-0.05, 0) is 31.4 Å². The van der Waals surface area contributed by atoms with Gasteiger partial charge in [0.1, 0.15) is 5.01 Å². The van der Waals surface area contributed by atoms with Crippen LogP contribution < -0.4 is 0 Å². The summed E-state index contributed by atoms with van der Waals surface area (Å²) in [5.41, 5.74) is 1.34. The Morgan fingerprint density at radius 1 is 1.12 bits per heavy atom. The molecule has 1 saturated heterocycles. The molecule has 1 aliphatic rings. The van der Waals surface area contributed by atoms with Gasteiger partial charge in [-0.3, -0.25) is 9.78 Å². The van der Waals surface area contributed by atoms with Gasteiger partial charge < -0.3 is 4.90 Å². The molecule has 0 spiro atoms. The van der Waals surface area contributed by atoms with Crippen molar-refractivity contribution in [2.75, 3.05) is 6.54 Å². The van der Waals surface area contributed by atoms with Crippen LogP contribution in [-0.2, 0) is 0 Å². The molecule has 1 fully saturated rings. The summed E-state index contributed by atoms with van der Waals surface area (Å²) in [6.07, 6.45) is 11.5. The van der Waals surface area contributed by atoms with E-state index in [4.69, 9.17) is 0 Å². The van der Waals surface area contributed by atoms with Crippen LogP contribution in [0, 0.1) is 0 Å². The van der Waals surface area contributed by atoms with E-state index in [-0.39, 0.29) is 11.9 Å². The van der Waals surface area contributed by atoms with Crippen molar-refractivity contribution < 1.29 is 4.79 Å². The molecule has 0 aromatic carbocycles. The van der Waals surface area contributed by atoms with Gasteiger partial charge in [0.2, 0.25) is 0 Å². The SMILES string of the molecule is O=C(c1cnc(-c2cccnc2)nc1)N1CCCC[C@@H]1c1nccs1. The van der Waals surface area contributed by atoms with E-state index in [1.165, 1.54) is 0 Å². The average molecular weight is 351 g/mol. The van der Waals surface area contributed by atoms with E-state index >= 15 is 0 Å². The van der Waals surface area contributed by atoms with Crippen molar-refractivity contribution >= 4 is 17.2 Å². The molecule has 6 nitrogen and oxygen atoms in total. The van der Waals surface area contributed by atoms with Crippen molar-refractivity contribution in [1.29, 1.82) is 0 Å². The topological polar surface area (TPSA) is 71.9 Å². The predicted molar refractivity (Wildman–Crippen MR) is 95.0 cm³/mol. The average Bonchev–Trinajstić information content (AvgIpc) is 3.23. The monoisotopic (exact) mass is 351 g/mol. The van der Waals surface area contributed by atoms with E-state index in [1.54, 1.807) is 42.3 Å². The summed E-state index contributed by atoms with van der Waals surface area (Å²) < 4.78 is 0. The zero-order chi connectivity index (χ0) is 17.1. The van der Waals surface area contributed by atoms with E-state index in [1.807, 2.05) is 22.4 Å². The Morgan fingerprint density at radius 2 is 2.00 bits per heavy atom. The van der Waals surface area contributed by atoms with Gasteiger partial charge in [-0.2, -0.15) is 0 Å². The molecule has 0 saturated carbocycles. The van der Waals surface area contributed by atoms with Gasteiger partial charge in [0, 0.05) is 48.5 Å². The summed E-state index contributed by atoms with van der Waals surface area (Å²) >= 11 is 1.60. The molecule has 1 amide bonds. The second kappa shape index (κ2) is 7.06. The fourth-order valence-corrected chi connectivity index (χ4v) is 3.86. The van der Waals surface area contributed by atoms with Gasteiger partial charge in [0.25, 0.3) is 5.91 Å². The zero-order valence-electron chi connectivity index (χ0n) is 13.6. The number of hydrogen-bond donors (Lipinski definition) is 0. The highest BCUT2D eigenvalue weighted by Gasteiger charge is 2.30. The number of aromatic nitrogens is 4. The highest BCUT2D eigenvalue weighted by atomic mass is 32.1. The minimum atomic E-state index is -0.0300. The van der Waals surface area contributed by atoms with Crippen LogP contribution in [-0.4, -0.2) is 37.3 Å². The standard InChI is InChI=1S/C18H17N5OS/c24-18(23-8-2-1-5-15(23)17-20-7-9-25-17)14-11-21-16(22-12-14)13-4-3-6-19-10-13/h3-4,6-7,9-12,15H,1-2,5,8H2/t15-/m1/s1. The van der Waals surface area contributed by atoms with E-state index in [0.29, 0.717) is 11.4 Å². The molecule has 3 aromatic rings. The lowest BCUT2D eigenvalue weighted by molar-refractivity contribution is 0.0610. The van der Waals surface area contributed by atoms with Crippen molar-refractivity contribution in [3.63, 3.8) is 0 Å². The molecule has 0 N–H and O–H groups in total. The van der Waals surface area contributed by atoms with Crippen LogP contribution >= 0.6 is 11.3 Å². The molecule has 1 atom stereocenters. The number of piperidine rings is 1. The van der Waals surface area contributed by atoms with E-state index in [0.717, 1.165) is 36.4 Å². The van der Waals surface area contributed by atoms with E-state index < -0.39 is 0 Å². The minimum absolute atomic E-state index is 0.0300. The van der Waals surface area contributed by atoms with E-state index in [9.17, 15) is 4.79 Å². The number of thiazole rings is 1. The quantitative estimate of drug-likeness (QED) is 0.723. The summed E-state index contributed by atoms with van der Waals surface area (Å²) in [6, 6.07) is 3.79. The maximum absolute atomic E-state index is 13.0. The number of hydrogen-bond acceptors (Lipinski definition) is 6. The van der Waals surface area contributed by atoms with Gasteiger partial charge in [-0.15, -0.1) is 11.3 Å². The zero-order valence-corrected chi connectivity index (χ0v) is 14.4. The van der Waals surface area contributed by atoms with Crippen LogP contribution in [0.2, 0.25) is 0 Å². The number of likely N-dealkylation sites (tertiary alicyclic amines) is 1. The summed E-state index contributed by atoms with van der Waals surface area (Å²) in [5.74, 6) is 0.539. The van der Waals surface area contributed by atoms with Crippen molar-refractivity contribution in [2.24, 2.45) is 0 Å². The molecular formula is C18H17N5OS. The van der Waals surface area contributed by atoms with Crippen LogP contribution in [0.25, 0.3) is 11.4 Å². The molecule has 0 unspecified atom stereocenters. The molecule has 0 bridgehead atoms. The normalized spacial score (nSPS) is 17.4. The molecule has 1 aliphatic heterocycles. The second-order valence-electron chi connectivity index (χ2n) is 5.92. The third-order valence-corrected chi connectivity index (χ3v) is 5.20. The fourth-order valence-electron chi connectivity index (χ4n) is 3.08. The van der Waals surface area contributed by atoms with Gasteiger partial charge in [0.05, 0.1) is 11.6 Å². The van der Waals surface area contributed by atoms with Gasteiger partial charge in [-0.25, -0.2) is 15.0 Å². The summed E-state index contributed by atoms with van der Waals surface area (Å²) in [5, 5.41) is 2.96. The van der Waals surface area contributed by atoms with Crippen LogP contribution in [0.3, 0.4) is 0 Å². The summed E-state index contributed by atoms with van der Waals surface area (Å²) in [6.45, 7) is 0.743. The first kappa shape index (κ1) is 15.8. The number of nitrogens with zero attached hydrogens (tertiary/aromatic N) is 5. The number of pyridine rings is 1. The molecular weight excluding hydrogens is 334 g/mol. The van der Waals surface area contributed by atoms with Gasteiger partial charge in [0.15, 0.2) is 5.82 Å². The largest absolute Gasteiger partial charge is 0.329 e. The lowest BCUT2D eigenvalue weighted by atomic mass is 10.0. The Kier molecular flexibility index (Phi) is 4.47. The number of rotatable bonds is 3. The van der Waals surface area contributed by atoms with Crippen LogP contribution in [0.15, 0.2) is 48.5 Å². The Balaban J connectivity index is 1.57. The first-order valence-electron chi connectivity index (χ1n) is 8.26. The van der Waals surface area contributed by atoms with E-state index in [2.05, 4.69) is 19.9 Å². The van der Waals surface area contributed by atoms with Crippen molar-refractivity contribution in [3.8, 4) is 11.4 Å². The summed E-state index contributed by atoms with van der Waals surface area (Å²) in [4.78, 5) is 32.0. The van der Waals surface area contributed by atoms with Gasteiger partial charge in [-0.1, -0.05) is 0 Å². The summed E-state index contributed by atoms with van der Waals surface area (Å²) in [7, 11) is 0. The Morgan fingerprint density at radius 3 is 2.72 bits per heavy atom. The highest BCUT2D eigenvalue weighted by Crippen LogP contribution is 2.33. The number of amides is 1. The third-order valence-electron chi connectivity index (χ3n) is 4.32. The van der Waals surface area contributed by atoms with Crippen molar-refractivity contribution in [2.45, 2.75) is 25.3 Å². The fraction of sp³-hybridized carbons (Fsp3) is 0.278. The molecule has 3 aromatic heterocycles. The van der Waals surface area contributed by atoms with Crippen LogP contribution in [0.4, 0.5) is 0 Å². The van der Waals surface area contributed by atoms with Crippen LogP contribution in [0.5, 0.6) is 0 Å². The molecule has 0 radical (unpaired) electrons. The molecule has 7 heteroatoms. The van der Waals surface area contributed by atoms with Crippen molar-refractivity contribution in [1.82, 2.24) is 24.8 Å². The first-order valence-corrected chi connectivity index (χ1v) is 9.14. The minimum Gasteiger partial charge on any atom is -0.329 e. The molecule has 0 aliphatic carbocycles. The maximum atomic E-state index is 13.0.